The van der Waals surface area contributed by atoms with Crippen LogP contribution >= 0.6 is 0 Å². The summed E-state index contributed by atoms with van der Waals surface area (Å²) < 4.78 is 0. The minimum Gasteiger partial charge on any atom is -0.375 e. The van der Waals surface area contributed by atoms with Crippen molar-refractivity contribution in [1.29, 1.82) is 0 Å². The predicted molar refractivity (Wildman–Crippen MR) is 60.7 cm³/mol. The van der Waals surface area contributed by atoms with Crippen molar-refractivity contribution < 1.29 is 0 Å². The molecule has 1 nitrogen and oxygen atoms in total. The summed E-state index contributed by atoms with van der Waals surface area (Å²) in [5.74, 6) is 0. The van der Waals surface area contributed by atoms with Crippen molar-refractivity contribution in [3.63, 3.8) is 0 Å². The fourth-order valence-electron chi connectivity index (χ4n) is 1.37. The molecule has 0 aromatic rings. The number of allylic oxidation sites excluding steroid dienone is 3. The largest absolute Gasteiger partial charge is 0.375 e. The Bertz CT molecular complexity index is 203. The van der Waals surface area contributed by atoms with Crippen LogP contribution in [0.4, 0.5) is 0 Å². The van der Waals surface area contributed by atoms with Crippen molar-refractivity contribution in [2.45, 2.75) is 41.0 Å². The number of nitrogens with zero attached hydrogens (tertiary/aromatic N) is 1. The van der Waals surface area contributed by atoms with Crippen molar-refractivity contribution in [2.24, 2.45) is 0 Å². The van der Waals surface area contributed by atoms with E-state index in [9.17, 15) is 0 Å². The van der Waals surface area contributed by atoms with Crippen LogP contribution in [0.1, 0.15) is 41.0 Å². The molecule has 0 radical (unpaired) electrons. The highest BCUT2D eigenvalue weighted by molar-refractivity contribution is 5.24. The Labute approximate surface area is 83.1 Å². The van der Waals surface area contributed by atoms with Gasteiger partial charge in [0.15, 0.2) is 0 Å². The van der Waals surface area contributed by atoms with Crippen LogP contribution in [0.25, 0.3) is 0 Å². The average Bonchev–Trinajstić information content (AvgIpc) is 1.99. The molecule has 0 amide bonds. The third-order valence-corrected chi connectivity index (χ3v) is 1.91. The molecule has 0 aliphatic carbocycles. The number of rotatable bonds is 4. The molecule has 76 valence electrons. The quantitative estimate of drug-likeness (QED) is 0.599. The van der Waals surface area contributed by atoms with E-state index in [0.29, 0.717) is 0 Å². The molecule has 0 saturated heterocycles. The normalized spacial score (nSPS) is 9.38. The number of likely N-dealkylation sites (N-methyl/N-ethyl adjacent to an activating group) is 1. The fraction of sp³-hybridized carbons (Fsp3) is 0.667. The first-order valence-electron chi connectivity index (χ1n) is 5.02. The highest BCUT2D eigenvalue weighted by atomic mass is 15.1. The zero-order chi connectivity index (χ0) is 10.4. The van der Waals surface area contributed by atoms with Gasteiger partial charge < -0.3 is 4.90 Å². The molecule has 0 heterocycles. The van der Waals surface area contributed by atoms with Crippen molar-refractivity contribution in [1.82, 2.24) is 4.90 Å². The summed E-state index contributed by atoms with van der Waals surface area (Å²) in [4.78, 5) is 2.32. The van der Waals surface area contributed by atoms with Crippen LogP contribution in [-0.2, 0) is 0 Å². The molecule has 0 fully saturated rings. The van der Waals surface area contributed by atoms with E-state index in [1.54, 1.807) is 0 Å². The maximum atomic E-state index is 2.32. The van der Waals surface area contributed by atoms with E-state index in [1.165, 1.54) is 23.3 Å². The Morgan fingerprint density at radius 1 is 1.15 bits per heavy atom. The minimum absolute atomic E-state index is 1.13. The smallest absolute Gasteiger partial charge is 0.0349 e. The second-order valence-corrected chi connectivity index (χ2v) is 4.03. The topological polar surface area (TPSA) is 3.24 Å². The lowest BCUT2D eigenvalue weighted by atomic mass is 10.1. The van der Waals surface area contributed by atoms with E-state index >= 15 is 0 Å². The Balaban J connectivity index is 4.64. The van der Waals surface area contributed by atoms with Crippen molar-refractivity contribution >= 4 is 0 Å². The Kier molecular flexibility index (Phi) is 5.52. The molecule has 0 unspecified atom stereocenters. The van der Waals surface area contributed by atoms with Crippen LogP contribution < -0.4 is 0 Å². The van der Waals surface area contributed by atoms with Gasteiger partial charge in [-0.15, -0.1) is 0 Å². The summed E-state index contributed by atoms with van der Waals surface area (Å²) in [5.41, 5.74) is 4.11. The molecule has 0 aliphatic rings. The van der Waals surface area contributed by atoms with Gasteiger partial charge in [-0.1, -0.05) is 18.1 Å². The minimum atomic E-state index is 1.13. The van der Waals surface area contributed by atoms with Gasteiger partial charge in [0.1, 0.15) is 0 Å². The van der Waals surface area contributed by atoms with Gasteiger partial charge in [0, 0.05) is 19.3 Å². The first-order chi connectivity index (χ1) is 5.99. The molecular formula is C12H23N. The van der Waals surface area contributed by atoms with E-state index in [1.807, 2.05) is 0 Å². The second kappa shape index (κ2) is 5.85. The zero-order valence-electron chi connectivity index (χ0n) is 9.94. The summed E-state index contributed by atoms with van der Waals surface area (Å²) in [6.45, 7) is 12.0. The predicted octanol–water partition coefficient (Wildman–Crippen LogP) is 3.59. The molecule has 0 atom stereocenters. The van der Waals surface area contributed by atoms with Crippen molar-refractivity contribution in [2.75, 3.05) is 13.6 Å². The van der Waals surface area contributed by atoms with Gasteiger partial charge in [0.25, 0.3) is 0 Å². The first kappa shape index (κ1) is 12.3. The van der Waals surface area contributed by atoms with Crippen LogP contribution in [0, 0.1) is 0 Å². The number of hydrogen-bond donors (Lipinski definition) is 0. The monoisotopic (exact) mass is 181 g/mol. The molecular weight excluding hydrogens is 158 g/mol. The highest BCUT2D eigenvalue weighted by Crippen LogP contribution is 2.12. The standard InChI is InChI=1S/C12H23N/c1-7-8-13(6)12(11(4)5)9-10(2)3/h9H,7-8H2,1-6H3. The Hall–Kier alpha value is -0.720. The lowest BCUT2D eigenvalue weighted by Crippen LogP contribution is -2.18. The van der Waals surface area contributed by atoms with Crippen molar-refractivity contribution in [3.8, 4) is 0 Å². The van der Waals surface area contributed by atoms with Crippen LogP contribution in [0.2, 0.25) is 0 Å². The van der Waals surface area contributed by atoms with Crippen LogP contribution in [-0.4, -0.2) is 18.5 Å². The molecule has 0 aromatic carbocycles. The molecule has 0 spiro atoms. The summed E-state index contributed by atoms with van der Waals surface area (Å²) in [6, 6.07) is 0. The van der Waals surface area contributed by atoms with E-state index in [0.717, 1.165) is 6.54 Å². The van der Waals surface area contributed by atoms with Crippen LogP contribution in [0.3, 0.4) is 0 Å². The fourth-order valence-corrected chi connectivity index (χ4v) is 1.37. The molecule has 13 heavy (non-hydrogen) atoms. The molecule has 1 heteroatoms. The molecule has 0 aromatic heterocycles. The molecule has 0 saturated carbocycles. The molecule has 0 N–H and O–H groups in total. The second-order valence-electron chi connectivity index (χ2n) is 4.03. The third kappa shape index (κ3) is 4.76. The lowest BCUT2D eigenvalue weighted by molar-refractivity contribution is 0.424. The maximum absolute atomic E-state index is 2.32. The molecule has 0 bridgehead atoms. The first-order valence-corrected chi connectivity index (χ1v) is 5.02. The van der Waals surface area contributed by atoms with Crippen molar-refractivity contribution in [3.05, 3.63) is 22.9 Å². The van der Waals surface area contributed by atoms with Gasteiger partial charge in [-0.3, -0.25) is 0 Å². The lowest BCUT2D eigenvalue weighted by Gasteiger charge is -2.21. The van der Waals surface area contributed by atoms with E-state index in [-0.39, 0.29) is 0 Å². The molecule has 0 rings (SSSR count). The highest BCUT2D eigenvalue weighted by Gasteiger charge is 2.01. The Morgan fingerprint density at radius 2 is 1.69 bits per heavy atom. The van der Waals surface area contributed by atoms with Crippen LogP contribution in [0.5, 0.6) is 0 Å². The summed E-state index contributed by atoms with van der Waals surface area (Å²) in [7, 11) is 2.16. The number of hydrogen-bond acceptors (Lipinski definition) is 1. The van der Waals surface area contributed by atoms with Crippen LogP contribution in [0.15, 0.2) is 22.9 Å². The maximum Gasteiger partial charge on any atom is 0.0349 e. The van der Waals surface area contributed by atoms with Gasteiger partial charge in [-0.25, -0.2) is 0 Å². The average molecular weight is 181 g/mol. The van der Waals surface area contributed by atoms with E-state index < -0.39 is 0 Å². The van der Waals surface area contributed by atoms with Gasteiger partial charge in [-0.2, -0.15) is 0 Å². The van der Waals surface area contributed by atoms with Gasteiger partial charge >= 0.3 is 0 Å². The zero-order valence-corrected chi connectivity index (χ0v) is 9.94. The van der Waals surface area contributed by atoms with Gasteiger partial charge in [0.05, 0.1) is 0 Å². The Morgan fingerprint density at radius 3 is 2.00 bits per heavy atom. The molecule has 0 aliphatic heterocycles. The van der Waals surface area contributed by atoms with E-state index in [4.69, 9.17) is 0 Å². The van der Waals surface area contributed by atoms with Gasteiger partial charge in [-0.05, 0) is 40.2 Å². The summed E-state index contributed by atoms with van der Waals surface area (Å²) >= 11 is 0. The van der Waals surface area contributed by atoms with Gasteiger partial charge in [0.2, 0.25) is 0 Å². The summed E-state index contributed by atoms with van der Waals surface area (Å²) in [5, 5.41) is 0. The summed E-state index contributed by atoms with van der Waals surface area (Å²) in [6.07, 6.45) is 3.45. The SMILES string of the molecule is CCCN(C)C(C=C(C)C)=C(C)C. The third-order valence-electron chi connectivity index (χ3n) is 1.91. The van der Waals surface area contributed by atoms with E-state index in [2.05, 4.69) is 52.6 Å².